The van der Waals surface area contributed by atoms with Crippen LogP contribution in [-0.2, 0) is 0 Å². The van der Waals surface area contributed by atoms with Crippen LogP contribution in [-0.4, -0.2) is 24.4 Å². The van der Waals surface area contributed by atoms with Gasteiger partial charge in [-0.3, -0.25) is 5.32 Å². The molecule has 1 aliphatic carbocycles. The van der Waals surface area contributed by atoms with Crippen molar-refractivity contribution in [3.05, 3.63) is 0 Å². The summed E-state index contributed by atoms with van der Waals surface area (Å²) in [6, 6.07) is 0.309. The molecule has 0 bridgehead atoms. The molecule has 0 aromatic heterocycles. The minimum Gasteiger partial charge on any atom is -0.381 e. The minimum absolute atomic E-state index is 0.0608. The maximum absolute atomic E-state index is 8.76. The Labute approximate surface area is 87.1 Å². The summed E-state index contributed by atoms with van der Waals surface area (Å²) < 4.78 is 0. The minimum atomic E-state index is 0.0608. The first-order valence-corrected chi connectivity index (χ1v) is 5.44. The molecule has 0 amide bonds. The summed E-state index contributed by atoms with van der Waals surface area (Å²) in [5, 5.41) is 11.8. The van der Waals surface area contributed by atoms with Gasteiger partial charge in [-0.2, -0.15) is 0 Å². The van der Waals surface area contributed by atoms with Gasteiger partial charge in [0.15, 0.2) is 0 Å². The third-order valence-corrected chi connectivity index (χ3v) is 3.14. The Bertz CT molecular complexity index is 194. The molecule has 0 aliphatic heterocycles. The quantitative estimate of drug-likeness (QED) is 0.597. The summed E-state index contributed by atoms with van der Waals surface area (Å²) >= 11 is 0. The van der Waals surface area contributed by atoms with Crippen LogP contribution in [0, 0.1) is 10.8 Å². The fraction of sp³-hybridized carbons (Fsp3) is 1.00. The van der Waals surface area contributed by atoms with E-state index in [1.165, 1.54) is 6.42 Å². The van der Waals surface area contributed by atoms with E-state index in [9.17, 15) is 0 Å². The predicted molar refractivity (Wildman–Crippen MR) is 58.8 cm³/mol. The van der Waals surface area contributed by atoms with Gasteiger partial charge in [0, 0.05) is 12.6 Å². The van der Waals surface area contributed by atoms with Crippen molar-refractivity contribution in [1.82, 2.24) is 5.32 Å². The Morgan fingerprint density at radius 1 is 1.36 bits per heavy atom. The molecule has 1 saturated carbocycles. The molecule has 0 heterocycles. The molecule has 0 aromatic rings. The van der Waals surface area contributed by atoms with Crippen LogP contribution in [0.2, 0.25) is 0 Å². The molecule has 3 heteroatoms. The molecule has 84 valence electrons. The van der Waals surface area contributed by atoms with Gasteiger partial charge in [0.1, 0.15) is 0 Å². The van der Waals surface area contributed by atoms with Crippen LogP contribution in [0.15, 0.2) is 0 Å². The Balaban J connectivity index is 2.59. The number of nitrogens with two attached hydrogens (primary N) is 1. The van der Waals surface area contributed by atoms with E-state index >= 15 is 0 Å². The molecule has 1 fully saturated rings. The molecule has 0 spiro atoms. The lowest BCUT2D eigenvalue weighted by Crippen LogP contribution is -2.46. The molecule has 0 saturated heterocycles. The molecule has 1 aliphatic rings. The summed E-state index contributed by atoms with van der Waals surface area (Å²) in [7, 11) is 0. The molecule has 0 radical (unpaired) electrons. The van der Waals surface area contributed by atoms with Crippen molar-refractivity contribution in [2.45, 2.75) is 46.1 Å². The summed E-state index contributed by atoms with van der Waals surface area (Å²) in [4.78, 5) is 0. The Morgan fingerprint density at radius 2 is 2.00 bits per heavy atom. The summed E-state index contributed by atoms with van der Waals surface area (Å²) in [5.41, 5.74) is 6.64. The van der Waals surface area contributed by atoms with E-state index in [4.69, 9.17) is 10.8 Å². The summed E-state index contributed by atoms with van der Waals surface area (Å²) in [5.74, 6) is 0. The number of aliphatic hydroxyl groups excluding tert-OH is 1. The first kappa shape index (κ1) is 12.0. The van der Waals surface area contributed by atoms with Crippen molar-refractivity contribution < 1.29 is 5.11 Å². The molecule has 1 rings (SSSR count). The molecular weight excluding hydrogens is 176 g/mol. The first-order chi connectivity index (χ1) is 6.37. The standard InChI is InChI=1S/C11H24N2O/c1-10(2)4-9(12)5-11(3,6-10)7-13-8-14/h9,13-14H,4-8,12H2,1-3H3. The van der Waals surface area contributed by atoms with Gasteiger partial charge >= 0.3 is 0 Å². The van der Waals surface area contributed by atoms with Gasteiger partial charge in [0.2, 0.25) is 0 Å². The molecule has 0 aromatic carbocycles. The van der Waals surface area contributed by atoms with Crippen LogP contribution in [0.1, 0.15) is 40.0 Å². The largest absolute Gasteiger partial charge is 0.381 e. The highest BCUT2D eigenvalue weighted by Gasteiger charge is 2.39. The Morgan fingerprint density at radius 3 is 2.50 bits per heavy atom. The smallest absolute Gasteiger partial charge is 0.0931 e. The molecule has 2 atom stereocenters. The van der Waals surface area contributed by atoms with Gasteiger partial charge in [-0.1, -0.05) is 20.8 Å². The van der Waals surface area contributed by atoms with Crippen LogP contribution in [0.25, 0.3) is 0 Å². The van der Waals surface area contributed by atoms with Crippen molar-refractivity contribution in [2.75, 3.05) is 13.3 Å². The Kier molecular flexibility index (Phi) is 3.56. The van der Waals surface area contributed by atoms with Crippen molar-refractivity contribution in [3.63, 3.8) is 0 Å². The topological polar surface area (TPSA) is 58.3 Å². The molecule has 3 nitrogen and oxygen atoms in total. The maximum atomic E-state index is 8.76. The van der Waals surface area contributed by atoms with E-state index in [2.05, 4.69) is 26.1 Å². The zero-order valence-electron chi connectivity index (χ0n) is 9.64. The van der Waals surface area contributed by atoms with Crippen molar-refractivity contribution >= 4 is 0 Å². The second-order valence-corrected chi connectivity index (χ2v) is 5.90. The monoisotopic (exact) mass is 200 g/mol. The lowest BCUT2D eigenvalue weighted by Gasteiger charge is -2.45. The van der Waals surface area contributed by atoms with E-state index < -0.39 is 0 Å². The number of rotatable bonds is 3. The fourth-order valence-electron chi connectivity index (χ4n) is 3.21. The average molecular weight is 200 g/mol. The van der Waals surface area contributed by atoms with Crippen LogP contribution in [0.4, 0.5) is 0 Å². The highest BCUT2D eigenvalue weighted by atomic mass is 16.3. The SMILES string of the molecule is CC1(C)CC(N)CC(C)(CNCO)C1. The van der Waals surface area contributed by atoms with Crippen LogP contribution >= 0.6 is 0 Å². The van der Waals surface area contributed by atoms with Crippen molar-refractivity contribution in [2.24, 2.45) is 16.6 Å². The molecule has 4 N–H and O–H groups in total. The lowest BCUT2D eigenvalue weighted by atomic mass is 9.63. The number of hydrogen-bond donors (Lipinski definition) is 3. The lowest BCUT2D eigenvalue weighted by molar-refractivity contribution is 0.0756. The first-order valence-electron chi connectivity index (χ1n) is 5.44. The van der Waals surface area contributed by atoms with Gasteiger partial charge in [-0.25, -0.2) is 0 Å². The summed E-state index contributed by atoms with van der Waals surface area (Å²) in [6.07, 6.45) is 3.35. The van der Waals surface area contributed by atoms with E-state index in [0.29, 0.717) is 11.5 Å². The average Bonchev–Trinajstić information content (AvgIpc) is 1.96. The van der Waals surface area contributed by atoms with Crippen LogP contribution in [0.3, 0.4) is 0 Å². The predicted octanol–water partition coefficient (Wildman–Crippen LogP) is 1.07. The highest BCUT2D eigenvalue weighted by Crippen LogP contribution is 2.44. The van der Waals surface area contributed by atoms with Crippen LogP contribution in [0.5, 0.6) is 0 Å². The third-order valence-electron chi connectivity index (χ3n) is 3.14. The normalized spacial score (nSPS) is 37.1. The molecule has 14 heavy (non-hydrogen) atoms. The number of nitrogens with one attached hydrogen (secondary N) is 1. The van der Waals surface area contributed by atoms with E-state index in [-0.39, 0.29) is 12.1 Å². The zero-order valence-corrected chi connectivity index (χ0v) is 9.64. The van der Waals surface area contributed by atoms with E-state index in [1.54, 1.807) is 0 Å². The second kappa shape index (κ2) is 4.17. The van der Waals surface area contributed by atoms with Crippen LogP contribution < -0.4 is 11.1 Å². The second-order valence-electron chi connectivity index (χ2n) is 5.90. The van der Waals surface area contributed by atoms with Gasteiger partial charge in [-0.15, -0.1) is 0 Å². The third kappa shape index (κ3) is 3.23. The van der Waals surface area contributed by atoms with Gasteiger partial charge in [0.25, 0.3) is 0 Å². The van der Waals surface area contributed by atoms with Gasteiger partial charge in [-0.05, 0) is 30.1 Å². The van der Waals surface area contributed by atoms with E-state index in [0.717, 1.165) is 19.4 Å². The van der Waals surface area contributed by atoms with Crippen molar-refractivity contribution in [1.29, 1.82) is 0 Å². The van der Waals surface area contributed by atoms with E-state index in [1.807, 2.05) is 0 Å². The van der Waals surface area contributed by atoms with Gasteiger partial charge in [0.05, 0.1) is 6.73 Å². The van der Waals surface area contributed by atoms with Crippen molar-refractivity contribution in [3.8, 4) is 0 Å². The fourth-order valence-corrected chi connectivity index (χ4v) is 3.21. The highest BCUT2D eigenvalue weighted by molar-refractivity contribution is 4.93. The summed E-state index contributed by atoms with van der Waals surface area (Å²) in [6.45, 7) is 7.74. The number of aliphatic hydroxyl groups is 1. The molecule has 2 unspecified atom stereocenters. The number of hydrogen-bond acceptors (Lipinski definition) is 3. The maximum Gasteiger partial charge on any atom is 0.0931 e. The zero-order chi connectivity index (χ0) is 10.8. The Hall–Kier alpha value is -0.120. The molecular formula is C11H24N2O. The van der Waals surface area contributed by atoms with Gasteiger partial charge < -0.3 is 10.8 Å².